The van der Waals surface area contributed by atoms with Gasteiger partial charge < -0.3 is 15.1 Å². The Labute approximate surface area is 125 Å². The lowest BCUT2D eigenvalue weighted by Gasteiger charge is -2.50. The third-order valence-electron chi connectivity index (χ3n) is 5.98. The second-order valence-corrected chi connectivity index (χ2v) is 7.77. The van der Waals surface area contributed by atoms with E-state index in [2.05, 4.69) is 36.0 Å². The van der Waals surface area contributed by atoms with Gasteiger partial charge in [-0.3, -0.25) is 0 Å². The van der Waals surface area contributed by atoms with Gasteiger partial charge in [-0.15, -0.1) is 0 Å². The van der Waals surface area contributed by atoms with Crippen molar-refractivity contribution in [3.8, 4) is 0 Å². The van der Waals surface area contributed by atoms with E-state index >= 15 is 0 Å². The van der Waals surface area contributed by atoms with Crippen molar-refractivity contribution in [2.45, 2.75) is 64.1 Å². The minimum atomic E-state index is 0.724. The predicted molar refractivity (Wildman–Crippen MR) is 85.0 cm³/mol. The van der Waals surface area contributed by atoms with Crippen LogP contribution in [-0.2, 0) is 0 Å². The van der Waals surface area contributed by atoms with Crippen LogP contribution in [0.4, 0.5) is 0 Å². The second-order valence-electron chi connectivity index (χ2n) is 7.77. The van der Waals surface area contributed by atoms with E-state index in [0.717, 1.165) is 30.0 Å². The molecular weight excluding hydrogens is 246 g/mol. The summed E-state index contributed by atoms with van der Waals surface area (Å²) in [7, 11) is 2.26. The number of nitrogens with zero attached hydrogens (tertiary/aromatic N) is 2. The zero-order chi connectivity index (χ0) is 14.1. The number of nitrogens with one attached hydrogen (secondary N) is 1. The Morgan fingerprint density at radius 3 is 2.10 bits per heavy atom. The highest BCUT2D eigenvalue weighted by Gasteiger charge is 2.40. The lowest BCUT2D eigenvalue weighted by Crippen LogP contribution is -2.60. The summed E-state index contributed by atoms with van der Waals surface area (Å²) in [5, 5.41) is 4.09. The molecule has 0 radical (unpaired) electrons. The predicted octanol–water partition coefficient (Wildman–Crippen LogP) is 2.18. The van der Waals surface area contributed by atoms with Crippen LogP contribution >= 0.6 is 0 Å². The van der Waals surface area contributed by atoms with Gasteiger partial charge in [0.25, 0.3) is 0 Å². The first-order valence-electron chi connectivity index (χ1n) is 8.82. The van der Waals surface area contributed by atoms with Crippen LogP contribution in [0.15, 0.2) is 0 Å². The molecule has 20 heavy (non-hydrogen) atoms. The third kappa shape index (κ3) is 3.20. The van der Waals surface area contributed by atoms with Crippen molar-refractivity contribution in [1.29, 1.82) is 0 Å². The Hall–Kier alpha value is -0.120. The van der Waals surface area contributed by atoms with Crippen LogP contribution in [0.5, 0.6) is 0 Å². The maximum absolute atomic E-state index is 4.09. The average molecular weight is 279 g/mol. The molecule has 3 fully saturated rings. The monoisotopic (exact) mass is 279 g/mol. The summed E-state index contributed by atoms with van der Waals surface area (Å²) in [6, 6.07) is 2.32. The summed E-state index contributed by atoms with van der Waals surface area (Å²) >= 11 is 0. The number of piperidine rings is 2. The molecule has 0 aromatic heterocycles. The maximum atomic E-state index is 4.09. The van der Waals surface area contributed by atoms with E-state index in [0.29, 0.717) is 0 Å². The fourth-order valence-electron chi connectivity index (χ4n) is 4.61. The van der Waals surface area contributed by atoms with Crippen molar-refractivity contribution in [3.63, 3.8) is 0 Å². The molecule has 3 aliphatic rings. The standard InChI is InChI=1S/C17H33N3/c1-13(2)20-11-14-5-4-6-15(12-20)17(14)18-16-7-9-19(3)10-8-16/h13-18H,4-12H2,1-3H3. The van der Waals surface area contributed by atoms with Gasteiger partial charge in [-0.25, -0.2) is 0 Å². The average Bonchev–Trinajstić information content (AvgIpc) is 2.40. The Bertz CT molecular complexity index is 295. The van der Waals surface area contributed by atoms with Crippen molar-refractivity contribution in [3.05, 3.63) is 0 Å². The van der Waals surface area contributed by atoms with Gasteiger partial charge in [-0.1, -0.05) is 6.42 Å². The van der Waals surface area contributed by atoms with Gasteiger partial charge in [0.05, 0.1) is 0 Å². The van der Waals surface area contributed by atoms with Gasteiger partial charge in [-0.05, 0) is 71.5 Å². The van der Waals surface area contributed by atoms with E-state index in [-0.39, 0.29) is 0 Å². The van der Waals surface area contributed by atoms with Crippen molar-refractivity contribution < 1.29 is 0 Å². The summed E-state index contributed by atoms with van der Waals surface area (Å²) in [5.74, 6) is 1.81. The molecule has 2 saturated heterocycles. The van der Waals surface area contributed by atoms with Gasteiger partial charge in [0, 0.05) is 31.2 Å². The lowest BCUT2D eigenvalue weighted by atomic mass is 9.72. The molecule has 0 spiro atoms. The van der Waals surface area contributed by atoms with Crippen molar-refractivity contribution in [2.24, 2.45) is 11.8 Å². The molecule has 1 N–H and O–H groups in total. The molecule has 1 saturated carbocycles. The van der Waals surface area contributed by atoms with Crippen LogP contribution in [0.3, 0.4) is 0 Å². The zero-order valence-corrected chi connectivity index (χ0v) is 13.6. The largest absolute Gasteiger partial charge is 0.310 e. The number of hydrogen-bond donors (Lipinski definition) is 1. The lowest BCUT2D eigenvalue weighted by molar-refractivity contribution is 0.0213. The minimum absolute atomic E-state index is 0.724. The van der Waals surface area contributed by atoms with Crippen molar-refractivity contribution in [2.75, 3.05) is 33.2 Å². The highest BCUT2D eigenvalue weighted by molar-refractivity contribution is 4.97. The minimum Gasteiger partial charge on any atom is -0.310 e. The molecule has 3 heteroatoms. The van der Waals surface area contributed by atoms with Crippen LogP contribution in [0, 0.1) is 11.8 Å². The first kappa shape index (κ1) is 14.8. The fourth-order valence-corrected chi connectivity index (χ4v) is 4.61. The third-order valence-corrected chi connectivity index (χ3v) is 5.98. The van der Waals surface area contributed by atoms with Crippen LogP contribution in [0.25, 0.3) is 0 Å². The quantitative estimate of drug-likeness (QED) is 0.854. The Morgan fingerprint density at radius 1 is 0.950 bits per heavy atom. The van der Waals surface area contributed by atoms with Gasteiger partial charge >= 0.3 is 0 Å². The van der Waals surface area contributed by atoms with Gasteiger partial charge in [0.2, 0.25) is 0 Å². The molecule has 3 rings (SSSR count). The van der Waals surface area contributed by atoms with Crippen LogP contribution in [0.1, 0.15) is 46.0 Å². The summed E-state index contributed by atoms with van der Waals surface area (Å²) in [5.41, 5.74) is 0. The molecule has 3 nitrogen and oxygen atoms in total. The van der Waals surface area contributed by atoms with Crippen molar-refractivity contribution in [1.82, 2.24) is 15.1 Å². The van der Waals surface area contributed by atoms with E-state index in [4.69, 9.17) is 0 Å². The first-order valence-corrected chi connectivity index (χ1v) is 8.82. The van der Waals surface area contributed by atoms with Gasteiger partial charge in [0.15, 0.2) is 0 Å². The van der Waals surface area contributed by atoms with Gasteiger partial charge in [-0.2, -0.15) is 0 Å². The Balaban J connectivity index is 1.59. The zero-order valence-electron chi connectivity index (χ0n) is 13.6. The topological polar surface area (TPSA) is 18.5 Å². The molecule has 1 aliphatic carbocycles. The number of rotatable bonds is 3. The van der Waals surface area contributed by atoms with Crippen LogP contribution in [0.2, 0.25) is 0 Å². The van der Waals surface area contributed by atoms with E-state index in [1.807, 2.05) is 0 Å². The van der Waals surface area contributed by atoms with Gasteiger partial charge in [0.1, 0.15) is 0 Å². The molecule has 2 aliphatic heterocycles. The smallest absolute Gasteiger partial charge is 0.0151 e. The normalized spacial score (nSPS) is 37.5. The summed E-state index contributed by atoms with van der Waals surface area (Å²) < 4.78 is 0. The molecule has 0 amide bonds. The molecule has 2 atom stereocenters. The summed E-state index contributed by atoms with van der Waals surface area (Å²) in [6.45, 7) is 9.94. The number of fused-ring (bicyclic) bond motifs is 2. The Kier molecular flexibility index (Phi) is 4.68. The van der Waals surface area contributed by atoms with E-state index < -0.39 is 0 Å². The van der Waals surface area contributed by atoms with Crippen molar-refractivity contribution >= 4 is 0 Å². The maximum Gasteiger partial charge on any atom is 0.0151 e. The molecule has 116 valence electrons. The molecule has 2 heterocycles. The molecule has 0 aromatic rings. The first-order chi connectivity index (χ1) is 9.63. The van der Waals surface area contributed by atoms with Crippen LogP contribution < -0.4 is 5.32 Å². The number of likely N-dealkylation sites (tertiary alicyclic amines) is 2. The molecular formula is C17H33N3. The SMILES string of the molecule is CC(C)N1CC2CCCC(C1)C2NC1CCN(C)CC1. The fraction of sp³-hybridized carbons (Fsp3) is 1.00. The Morgan fingerprint density at radius 2 is 1.55 bits per heavy atom. The van der Waals surface area contributed by atoms with E-state index in [1.165, 1.54) is 58.3 Å². The summed E-state index contributed by atoms with van der Waals surface area (Å²) in [4.78, 5) is 5.20. The van der Waals surface area contributed by atoms with E-state index in [1.54, 1.807) is 0 Å². The number of hydrogen-bond acceptors (Lipinski definition) is 3. The highest BCUT2D eigenvalue weighted by Crippen LogP contribution is 2.36. The molecule has 2 bridgehead atoms. The molecule has 2 unspecified atom stereocenters. The molecule has 0 aromatic carbocycles. The van der Waals surface area contributed by atoms with E-state index in [9.17, 15) is 0 Å². The summed E-state index contributed by atoms with van der Waals surface area (Å²) in [6.07, 6.45) is 7.06. The second kappa shape index (κ2) is 6.33. The highest BCUT2D eigenvalue weighted by atomic mass is 15.2. The van der Waals surface area contributed by atoms with Crippen LogP contribution in [-0.4, -0.2) is 61.2 Å².